The summed E-state index contributed by atoms with van der Waals surface area (Å²) in [6, 6.07) is 20.6. The number of likely N-dealkylation sites (N-methyl/N-ethyl adjacent to an activating group) is 1. The van der Waals surface area contributed by atoms with Gasteiger partial charge in [0.05, 0.1) is 6.10 Å². The zero-order valence-corrected chi connectivity index (χ0v) is 14.9. The normalized spacial score (nSPS) is 17.0. The standard InChI is InChI=1S/C22H27NO2/c1-2-23(17-20-14-9-15-25-20)22(24)16-21(18-10-5-3-6-11-18)19-12-7-4-8-13-19/h3-8,10-13,20-21H,2,9,14-17H2,1H3. The summed E-state index contributed by atoms with van der Waals surface area (Å²) < 4.78 is 5.72. The van der Waals surface area contributed by atoms with Crippen molar-refractivity contribution < 1.29 is 9.53 Å². The Morgan fingerprint density at radius 2 is 1.68 bits per heavy atom. The Hall–Kier alpha value is -2.13. The lowest BCUT2D eigenvalue weighted by molar-refractivity contribution is -0.132. The van der Waals surface area contributed by atoms with Crippen molar-refractivity contribution in [2.45, 2.75) is 38.2 Å². The quantitative estimate of drug-likeness (QED) is 0.756. The molecule has 0 aromatic heterocycles. The average molecular weight is 337 g/mol. The number of nitrogens with zero attached hydrogens (tertiary/aromatic N) is 1. The fraction of sp³-hybridized carbons (Fsp3) is 0.409. The summed E-state index contributed by atoms with van der Waals surface area (Å²) in [6.07, 6.45) is 2.86. The van der Waals surface area contributed by atoms with Crippen LogP contribution in [0, 0.1) is 0 Å². The summed E-state index contributed by atoms with van der Waals surface area (Å²) in [4.78, 5) is 14.9. The van der Waals surface area contributed by atoms with E-state index < -0.39 is 0 Å². The minimum atomic E-state index is 0.0912. The molecule has 0 aliphatic carbocycles. The summed E-state index contributed by atoms with van der Waals surface area (Å²) in [5.74, 6) is 0.296. The van der Waals surface area contributed by atoms with Crippen LogP contribution in [0.2, 0.25) is 0 Å². The van der Waals surface area contributed by atoms with Gasteiger partial charge in [-0.05, 0) is 30.9 Å². The molecule has 132 valence electrons. The van der Waals surface area contributed by atoms with Crippen molar-refractivity contribution in [2.24, 2.45) is 0 Å². The zero-order valence-electron chi connectivity index (χ0n) is 14.9. The van der Waals surface area contributed by atoms with Gasteiger partial charge in [-0.1, -0.05) is 60.7 Å². The smallest absolute Gasteiger partial charge is 0.223 e. The zero-order chi connectivity index (χ0) is 17.5. The first-order chi connectivity index (χ1) is 12.3. The predicted molar refractivity (Wildman–Crippen MR) is 101 cm³/mol. The molecule has 3 rings (SSSR count). The molecule has 1 aliphatic heterocycles. The van der Waals surface area contributed by atoms with Crippen LogP contribution in [0.4, 0.5) is 0 Å². The Morgan fingerprint density at radius 1 is 1.08 bits per heavy atom. The van der Waals surface area contributed by atoms with Gasteiger partial charge in [0.15, 0.2) is 0 Å². The van der Waals surface area contributed by atoms with Gasteiger partial charge in [-0.2, -0.15) is 0 Å². The van der Waals surface area contributed by atoms with E-state index in [9.17, 15) is 4.79 Å². The van der Waals surface area contributed by atoms with Crippen molar-refractivity contribution in [1.29, 1.82) is 0 Å². The van der Waals surface area contributed by atoms with Crippen LogP contribution in [0.15, 0.2) is 60.7 Å². The highest BCUT2D eigenvalue weighted by atomic mass is 16.5. The number of ether oxygens (including phenoxy) is 1. The molecule has 1 atom stereocenters. The molecule has 1 unspecified atom stereocenters. The lowest BCUT2D eigenvalue weighted by Crippen LogP contribution is -2.37. The van der Waals surface area contributed by atoms with Crippen molar-refractivity contribution >= 4 is 5.91 Å². The van der Waals surface area contributed by atoms with Gasteiger partial charge in [-0.25, -0.2) is 0 Å². The summed E-state index contributed by atoms with van der Waals surface area (Å²) >= 11 is 0. The van der Waals surface area contributed by atoms with Gasteiger partial charge >= 0.3 is 0 Å². The van der Waals surface area contributed by atoms with Crippen molar-refractivity contribution in [3.8, 4) is 0 Å². The van der Waals surface area contributed by atoms with Crippen molar-refractivity contribution in [3.63, 3.8) is 0 Å². The number of carbonyl (C=O) groups excluding carboxylic acids is 1. The molecule has 0 radical (unpaired) electrons. The maximum absolute atomic E-state index is 13.0. The second-order valence-electron chi connectivity index (χ2n) is 6.65. The minimum Gasteiger partial charge on any atom is -0.376 e. The van der Waals surface area contributed by atoms with Crippen LogP contribution < -0.4 is 0 Å². The Morgan fingerprint density at radius 3 is 2.16 bits per heavy atom. The fourth-order valence-electron chi connectivity index (χ4n) is 3.54. The second-order valence-corrected chi connectivity index (χ2v) is 6.65. The predicted octanol–water partition coefficient (Wildman–Crippen LogP) is 4.24. The van der Waals surface area contributed by atoms with E-state index in [4.69, 9.17) is 4.74 Å². The molecule has 1 aliphatic rings. The molecule has 1 heterocycles. The average Bonchev–Trinajstić information content (AvgIpc) is 3.18. The first kappa shape index (κ1) is 17.7. The van der Waals surface area contributed by atoms with E-state index >= 15 is 0 Å². The topological polar surface area (TPSA) is 29.5 Å². The lowest BCUT2D eigenvalue weighted by Gasteiger charge is -2.26. The van der Waals surface area contributed by atoms with Crippen LogP contribution in [0.3, 0.4) is 0 Å². The van der Waals surface area contributed by atoms with Gasteiger partial charge in [-0.3, -0.25) is 4.79 Å². The highest BCUT2D eigenvalue weighted by molar-refractivity contribution is 5.77. The molecule has 1 fully saturated rings. The molecule has 3 nitrogen and oxygen atoms in total. The summed E-state index contributed by atoms with van der Waals surface area (Å²) in [5, 5.41) is 0. The Bertz CT molecular complexity index is 611. The van der Waals surface area contributed by atoms with Crippen LogP contribution >= 0.6 is 0 Å². The largest absolute Gasteiger partial charge is 0.376 e. The van der Waals surface area contributed by atoms with E-state index in [2.05, 4.69) is 24.3 Å². The van der Waals surface area contributed by atoms with Crippen LogP contribution in [-0.4, -0.2) is 36.6 Å². The van der Waals surface area contributed by atoms with Crippen LogP contribution in [0.25, 0.3) is 0 Å². The number of hydrogen-bond donors (Lipinski definition) is 0. The van der Waals surface area contributed by atoms with Gasteiger partial charge in [0.1, 0.15) is 0 Å². The molecule has 25 heavy (non-hydrogen) atoms. The molecule has 2 aromatic rings. The molecule has 2 aromatic carbocycles. The minimum absolute atomic E-state index is 0.0912. The molecule has 0 saturated carbocycles. The van der Waals surface area contributed by atoms with E-state index in [1.165, 1.54) is 11.1 Å². The number of carbonyl (C=O) groups is 1. The maximum atomic E-state index is 13.0. The van der Waals surface area contributed by atoms with Crippen LogP contribution in [-0.2, 0) is 9.53 Å². The van der Waals surface area contributed by atoms with Gasteiger partial charge in [-0.15, -0.1) is 0 Å². The third-order valence-corrected chi connectivity index (χ3v) is 4.97. The molecule has 1 amide bonds. The number of amides is 1. The molecule has 3 heteroatoms. The third-order valence-electron chi connectivity index (χ3n) is 4.97. The summed E-state index contributed by atoms with van der Waals surface area (Å²) in [7, 11) is 0. The Labute approximate surface area is 150 Å². The second kappa shape index (κ2) is 8.82. The monoisotopic (exact) mass is 337 g/mol. The first-order valence-corrected chi connectivity index (χ1v) is 9.27. The summed E-state index contributed by atoms with van der Waals surface area (Å²) in [5.41, 5.74) is 2.38. The number of benzene rings is 2. The van der Waals surface area contributed by atoms with Crippen LogP contribution in [0.5, 0.6) is 0 Å². The molecule has 0 bridgehead atoms. The molecule has 0 spiro atoms. The van der Waals surface area contributed by atoms with E-state index in [-0.39, 0.29) is 17.9 Å². The number of rotatable bonds is 7. The maximum Gasteiger partial charge on any atom is 0.223 e. The number of hydrogen-bond acceptors (Lipinski definition) is 2. The fourth-order valence-corrected chi connectivity index (χ4v) is 3.54. The van der Waals surface area contributed by atoms with Gasteiger partial charge < -0.3 is 9.64 Å². The van der Waals surface area contributed by atoms with Crippen LogP contribution in [0.1, 0.15) is 43.2 Å². The SMILES string of the molecule is CCN(CC1CCCO1)C(=O)CC(c1ccccc1)c1ccccc1. The first-order valence-electron chi connectivity index (χ1n) is 9.27. The lowest BCUT2D eigenvalue weighted by atomic mass is 9.88. The third kappa shape index (κ3) is 4.70. The van der Waals surface area contributed by atoms with Crippen molar-refractivity contribution in [1.82, 2.24) is 4.90 Å². The summed E-state index contributed by atoms with van der Waals surface area (Å²) in [6.45, 7) is 4.32. The highest BCUT2D eigenvalue weighted by Crippen LogP contribution is 2.28. The molecular formula is C22H27NO2. The van der Waals surface area contributed by atoms with E-state index in [0.717, 1.165) is 26.0 Å². The van der Waals surface area contributed by atoms with Gasteiger partial charge in [0, 0.05) is 32.0 Å². The van der Waals surface area contributed by atoms with Gasteiger partial charge in [0.2, 0.25) is 5.91 Å². The molecule has 0 N–H and O–H groups in total. The van der Waals surface area contributed by atoms with E-state index in [0.29, 0.717) is 13.0 Å². The molecular weight excluding hydrogens is 310 g/mol. The van der Waals surface area contributed by atoms with Crippen molar-refractivity contribution in [2.75, 3.05) is 19.7 Å². The highest BCUT2D eigenvalue weighted by Gasteiger charge is 2.25. The van der Waals surface area contributed by atoms with Gasteiger partial charge in [0.25, 0.3) is 0 Å². The molecule has 1 saturated heterocycles. The Balaban J connectivity index is 1.75. The van der Waals surface area contributed by atoms with E-state index in [1.54, 1.807) is 0 Å². The van der Waals surface area contributed by atoms with E-state index in [1.807, 2.05) is 48.2 Å². The van der Waals surface area contributed by atoms with Crippen molar-refractivity contribution in [3.05, 3.63) is 71.8 Å². The Kier molecular flexibility index (Phi) is 6.24.